The number of hydrogen-bond donors (Lipinski definition) is 3. The number of rotatable bonds is 8. The molecular formula is C20H26N6O. The van der Waals surface area contributed by atoms with Gasteiger partial charge in [-0.25, -0.2) is 4.98 Å². The fraction of sp³-hybridized carbons (Fsp3) is 0.450. The van der Waals surface area contributed by atoms with Crippen LogP contribution in [0.1, 0.15) is 43.6 Å². The van der Waals surface area contributed by atoms with E-state index in [4.69, 9.17) is 5.73 Å². The minimum atomic E-state index is 0.184. The molecule has 0 bridgehead atoms. The van der Waals surface area contributed by atoms with Crippen LogP contribution in [0.25, 0.3) is 0 Å². The number of aromatic nitrogens is 2. The summed E-state index contributed by atoms with van der Waals surface area (Å²) < 4.78 is 0. The Hall–Kier alpha value is -2.67. The van der Waals surface area contributed by atoms with Gasteiger partial charge in [-0.2, -0.15) is 4.98 Å². The zero-order valence-corrected chi connectivity index (χ0v) is 15.4. The van der Waals surface area contributed by atoms with Crippen molar-refractivity contribution in [1.82, 2.24) is 9.97 Å². The largest absolute Gasteiger partial charge is 0.370 e. The standard InChI is InChI=1S/C20H26N6O/c21-9-3-10-22-19-17(14-7-8-14)13-23-20(25-19)24-15-4-1-5-16(12-15)26-11-2-6-18(26)27/h1,4-5,12-14H,2-3,6-11,21H2,(H2,22,23,24,25). The molecule has 0 unspecified atom stereocenters. The number of nitrogens with one attached hydrogen (secondary N) is 2. The van der Waals surface area contributed by atoms with E-state index < -0.39 is 0 Å². The normalized spacial score (nSPS) is 16.6. The smallest absolute Gasteiger partial charge is 0.229 e. The number of carbonyl (C=O) groups excluding carboxylic acids is 1. The molecule has 4 rings (SSSR count). The van der Waals surface area contributed by atoms with Gasteiger partial charge in [0.25, 0.3) is 0 Å². The predicted molar refractivity (Wildman–Crippen MR) is 107 cm³/mol. The molecule has 1 saturated carbocycles. The molecular weight excluding hydrogens is 340 g/mol. The molecule has 2 fully saturated rings. The van der Waals surface area contributed by atoms with Gasteiger partial charge in [-0.3, -0.25) is 4.79 Å². The summed E-state index contributed by atoms with van der Waals surface area (Å²) >= 11 is 0. The number of anilines is 4. The number of amides is 1. The topological polar surface area (TPSA) is 96.2 Å². The van der Waals surface area contributed by atoms with Crippen LogP contribution in [0.3, 0.4) is 0 Å². The highest BCUT2D eigenvalue weighted by molar-refractivity contribution is 5.95. The van der Waals surface area contributed by atoms with Gasteiger partial charge in [-0.15, -0.1) is 0 Å². The predicted octanol–water partition coefficient (Wildman–Crippen LogP) is 2.99. The summed E-state index contributed by atoms with van der Waals surface area (Å²) in [5.41, 5.74) is 8.58. The lowest BCUT2D eigenvalue weighted by molar-refractivity contribution is -0.117. The lowest BCUT2D eigenvalue weighted by atomic mass is 10.2. The Labute approximate surface area is 159 Å². The maximum Gasteiger partial charge on any atom is 0.229 e. The Bertz CT molecular complexity index is 820. The van der Waals surface area contributed by atoms with Crippen molar-refractivity contribution in [2.75, 3.05) is 35.2 Å². The first kappa shape index (κ1) is 17.7. The molecule has 2 heterocycles. The summed E-state index contributed by atoms with van der Waals surface area (Å²) in [6.45, 7) is 2.24. The zero-order valence-electron chi connectivity index (χ0n) is 15.4. The van der Waals surface area contributed by atoms with Gasteiger partial charge in [0.15, 0.2) is 0 Å². The van der Waals surface area contributed by atoms with Crippen molar-refractivity contribution in [2.45, 2.75) is 38.0 Å². The molecule has 0 atom stereocenters. The van der Waals surface area contributed by atoms with Crippen molar-refractivity contribution < 1.29 is 4.79 Å². The molecule has 142 valence electrons. The minimum absolute atomic E-state index is 0.184. The van der Waals surface area contributed by atoms with Crippen LogP contribution in [0, 0.1) is 0 Å². The van der Waals surface area contributed by atoms with Crippen LogP contribution < -0.4 is 21.3 Å². The van der Waals surface area contributed by atoms with Crippen molar-refractivity contribution in [3.8, 4) is 0 Å². The van der Waals surface area contributed by atoms with Crippen molar-refractivity contribution in [2.24, 2.45) is 5.73 Å². The van der Waals surface area contributed by atoms with Gasteiger partial charge >= 0.3 is 0 Å². The second-order valence-corrected chi connectivity index (χ2v) is 7.17. The number of nitrogens with zero attached hydrogens (tertiary/aromatic N) is 3. The van der Waals surface area contributed by atoms with Crippen LogP contribution in [0.4, 0.5) is 23.1 Å². The third-order valence-corrected chi connectivity index (χ3v) is 4.99. The van der Waals surface area contributed by atoms with Gasteiger partial charge in [0.05, 0.1) is 0 Å². The Balaban J connectivity index is 1.52. The van der Waals surface area contributed by atoms with E-state index in [2.05, 4.69) is 20.6 Å². The van der Waals surface area contributed by atoms with E-state index in [-0.39, 0.29) is 5.91 Å². The molecule has 2 aliphatic rings. The lowest BCUT2D eigenvalue weighted by Gasteiger charge is -2.17. The number of carbonyl (C=O) groups is 1. The molecule has 1 aliphatic heterocycles. The van der Waals surface area contributed by atoms with Crippen molar-refractivity contribution >= 4 is 29.0 Å². The molecule has 0 radical (unpaired) electrons. The maximum atomic E-state index is 12.0. The van der Waals surface area contributed by atoms with Crippen molar-refractivity contribution in [3.63, 3.8) is 0 Å². The quantitative estimate of drug-likeness (QED) is 0.622. The highest BCUT2D eigenvalue weighted by Gasteiger charge is 2.27. The van der Waals surface area contributed by atoms with E-state index in [0.717, 1.165) is 43.1 Å². The van der Waals surface area contributed by atoms with E-state index in [9.17, 15) is 4.79 Å². The summed E-state index contributed by atoms with van der Waals surface area (Å²) in [5, 5.41) is 6.67. The van der Waals surface area contributed by atoms with E-state index in [1.165, 1.54) is 18.4 Å². The molecule has 1 aromatic carbocycles. The molecule has 2 aromatic rings. The minimum Gasteiger partial charge on any atom is -0.370 e. The lowest BCUT2D eigenvalue weighted by Crippen LogP contribution is -2.23. The summed E-state index contributed by atoms with van der Waals surface area (Å²) in [4.78, 5) is 23.0. The first-order chi connectivity index (χ1) is 13.2. The molecule has 1 aromatic heterocycles. The zero-order chi connectivity index (χ0) is 18.6. The van der Waals surface area contributed by atoms with E-state index in [0.29, 0.717) is 24.8 Å². The first-order valence-electron chi connectivity index (χ1n) is 9.73. The molecule has 1 aliphatic carbocycles. The highest BCUT2D eigenvalue weighted by atomic mass is 16.2. The fourth-order valence-electron chi connectivity index (χ4n) is 3.40. The van der Waals surface area contributed by atoms with Gasteiger partial charge in [-0.1, -0.05) is 6.07 Å². The summed E-state index contributed by atoms with van der Waals surface area (Å²) in [6.07, 6.45) is 6.77. The summed E-state index contributed by atoms with van der Waals surface area (Å²) in [7, 11) is 0. The van der Waals surface area contributed by atoms with Gasteiger partial charge in [0.1, 0.15) is 5.82 Å². The summed E-state index contributed by atoms with van der Waals surface area (Å²) in [6, 6.07) is 7.85. The Morgan fingerprint density at radius 2 is 2.19 bits per heavy atom. The van der Waals surface area contributed by atoms with E-state index in [1.54, 1.807) is 0 Å². The van der Waals surface area contributed by atoms with Gasteiger partial charge in [0, 0.05) is 42.6 Å². The van der Waals surface area contributed by atoms with Crippen molar-refractivity contribution in [3.05, 3.63) is 36.0 Å². The number of hydrogen-bond acceptors (Lipinski definition) is 6. The molecule has 1 saturated heterocycles. The van der Waals surface area contributed by atoms with Crippen LogP contribution in [-0.4, -0.2) is 35.5 Å². The third kappa shape index (κ3) is 4.19. The SMILES string of the molecule is NCCCNc1nc(Nc2cccc(N3CCCC3=O)c2)ncc1C1CC1. The second-order valence-electron chi connectivity index (χ2n) is 7.17. The molecule has 7 heteroatoms. The Morgan fingerprint density at radius 1 is 1.30 bits per heavy atom. The Kier molecular flexibility index (Phi) is 5.20. The van der Waals surface area contributed by atoms with E-state index >= 15 is 0 Å². The van der Waals surface area contributed by atoms with Gasteiger partial charge in [0.2, 0.25) is 11.9 Å². The average Bonchev–Trinajstić information content (AvgIpc) is 3.43. The van der Waals surface area contributed by atoms with Gasteiger partial charge < -0.3 is 21.3 Å². The molecule has 4 N–H and O–H groups in total. The van der Waals surface area contributed by atoms with Gasteiger partial charge in [-0.05, 0) is 56.3 Å². The van der Waals surface area contributed by atoms with Crippen LogP contribution in [0.2, 0.25) is 0 Å². The highest BCUT2D eigenvalue weighted by Crippen LogP contribution is 2.42. The average molecular weight is 366 g/mol. The number of benzene rings is 1. The van der Waals surface area contributed by atoms with Crippen molar-refractivity contribution in [1.29, 1.82) is 0 Å². The van der Waals surface area contributed by atoms with Crippen LogP contribution >= 0.6 is 0 Å². The monoisotopic (exact) mass is 366 g/mol. The summed E-state index contributed by atoms with van der Waals surface area (Å²) in [5.74, 6) is 2.21. The van der Waals surface area contributed by atoms with Crippen LogP contribution in [0.15, 0.2) is 30.5 Å². The molecule has 7 nitrogen and oxygen atoms in total. The van der Waals surface area contributed by atoms with E-state index in [1.807, 2.05) is 35.4 Å². The molecule has 1 amide bonds. The fourth-order valence-corrected chi connectivity index (χ4v) is 3.40. The third-order valence-electron chi connectivity index (χ3n) is 4.99. The number of nitrogens with two attached hydrogens (primary N) is 1. The second kappa shape index (κ2) is 7.92. The maximum absolute atomic E-state index is 12.0. The van der Waals surface area contributed by atoms with Crippen LogP contribution in [0.5, 0.6) is 0 Å². The van der Waals surface area contributed by atoms with Crippen LogP contribution in [-0.2, 0) is 4.79 Å². The molecule has 27 heavy (non-hydrogen) atoms. The molecule has 0 spiro atoms. The Morgan fingerprint density at radius 3 is 2.93 bits per heavy atom. The first-order valence-corrected chi connectivity index (χ1v) is 9.73.